The Morgan fingerprint density at radius 1 is 1.33 bits per heavy atom. The van der Waals surface area contributed by atoms with Crippen LogP contribution in [0.25, 0.3) is 10.9 Å². The number of benzene rings is 1. The second kappa shape index (κ2) is 5.53. The third kappa shape index (κ3) is 3.19. The van der Waals surface area contributed by atoms with Crippen molar-refractivity contribution in [3.63, 3.8) is 0 Å². The highest BCUT2D eigenvalue weighted by molar-refractivity contribution is 5.90. The van der Waals surface area contributed by atoms with Crippen LogP contribution in [0.4, 0.5) is 11.8 Å². The molecule has 0 fully saturated rings. The number of aliphatic hydroxyl groups is 1. The largest absolute Gasteiger partial charge is 0.479 e. The van der Waals surface area contributed by atoms with Gasteiger partial charge in [0.15, 0.2) is 5.60 Å². The topological polar surface area (TPSA) is 98.6 Å². The van der Waals surface area contributed by atoms with Gasteiger partial charge in [-0.1, -0.05) is 12.1 Å². The van der Waals surface area contributed by atoms with Crippen LogP contribution in [0.15, 0.2) is 24.3 Å². The summed E-state index contributed by atoms with van der Waals surface area (Å²) in [5.74, 6) is -0.305. The van der Waals surface area contributed by atoms with Crippen LogP contribution >= 0.6 is 0 Å². The van der Waals surface area contributed by atoms with E-state index in [2.05, 4.69) is 15.3 Å². The first-order valence-electron chi connectivity index (χ1n) is 6.45. The fourth-order valence-corrected chi connectivity index (χ4v) is 1.81. The zero-order valence-corrected chi connectivity index (χ0v) is 12.2. The van der Waals surface area contributed by atoms with E-state index in [1.165, 1.54) is 6.92 Å². The lowest BCUT2D eigenvalue weighted by atomic mass is 10.1. The second-order valence-corrected chi connectivity index (χ2v) is 5.21. The van der Waals surface area contributed by atoms with Crippen LogP contribution < -0.4 is 10.2 Å². The average molecular weight is 290 g/mol. The van der Waals surface area contributed by atoms with Gasteiger partial charge in [0.05, 0.1) is 12.1 Å². The van der Waals surface area contributed by atoms with E-state index in [-0.39, 0.29) is 12.5 Å². The summed E-state index contributed by atoms with van der Waals surface area (Å²) >= 11 is 0. The van der Waals surface area contributed by atoms with Crippen molar-refractivity contribution < 1.29 is 15.0 Å². The number of rotatable bonds is 5. The van der Waals surface area contributed by atoms with E-state index < -0.39 is 11.6 Å². The van der Waals surface area contributed by atoms with Crippen LogP contribution in [0.2, 0.25) is 0 Å². The Kier molecular flexibility index (Phi) is 3.95. The number of anilines is 2. The van der Waals surface area contributed by atoms with Crippen LogP contribution in [-0.2, 0) is 4.79 Å². The highest BCUT2D eigenvalue weighted by Gasteiger charge is 2.29. The highest BCUT2D eigenvalue weighted by Crippen LogP contribution is 2.23. The average Bonchev–Trinajstić information content (AvgIpc) is 2.44. The minimum Gasteiger partial charge on any atom is -0.479 e. The lowest BCUT2D eigenvalue weighted by Crippen LogP contribution is -2.42. The van der Waals surface area contributed by atoms with Crippen molar-refractivity contribution in [1.82, 2.24) is 9.97 Å². The van der Waals surface area contributed by atoms with Gasteiger partial charge in [-0.15, -0.1) is 0 Å². The molecule has 2 rings (SSSR count). The minimum atomic E-state index is -1.88. The van der Waals surface area contributed by atoms with E-state index >= 15 is 0 Å². The van der Waals surface area contributed by atoms with Crippen molar-refractivity contribution in [2.75, 3.05) is 30.9 Å². The van der Waals surface area contributed by atoms with Crippen molar-refractivity contribution in [3.05, 3.63) is 24.3 Å². The first-order chi connectivity index (χ1) is 9.81. The maximum Gasteiger partial charge on any atom is 0.337 e. The Morgan fingerprint density at radius 3 is 2.62 bits per heavy atom. The summed E-state index contributed by atoms with van der Waals surface area (Å²) in [7, 11) is 3.73. The molecule has 0 amide bonds. The van der Waals surface area contributed by atoms with Crippen molar-refractivity contribution in [2.45, 2.75) is 12.5 Å². The quantitative estimate of drug-likeness (QED) is 0.753. The van der Waals surface area contributed by atoms with Crippen molar-refractivity contribution >= 4 is 28.6 Å². The summed E-state index contributed by atoms with van der Waals surface area (Å²) in [6, 6.07) is 7.54. The lowest BCUT2D eigenvalue weighted by Gasteiger charge is -2.20. The van der Waals surface area contributed by atoms with Crippen molar-refractivity contribution in [2.24, 2.45) is 0 Å². The number of carboxylic acid groups (broad SMARTS) is 1. The van der Waals surface area contributed by atoms with E-state index in [4.69, 9.17) is 5.11 Å². The van der Waals surface area contributed by atoms with E-state index in [0.29, 0.717) is 0 Å². The molecular weight excluding hydrogens is 272 g/mol. The smallest absolute Gasteiger partial charge is 0.337 e. The molecule has 1 unspecified atom stereocenters. The fourth-order valence-electron chi connectivity index (χ4n) is 1.81. The predicted molar refractivity (Wildman–Crippen MR) is 80.6 cm³/mol. The van der Waals surface area contributed by atoms with Crippen molar-refractivity contribution in [1.29, 1.82) is 0 Å². The molecule has 1 aromatic carbocycles. The molecule has 0 aliphatic rings. The van der Waals surface area contributed by atoms with Gasteiger partial charge in [0.2, 0.25) is 5.95 Å². The summed E-state index contributed by atoms with van der Waals surface area (Å²) in [4.78, 5) is 21.4. The van der Waals surface area contributed by atoms with Crippen LogP contribution in [0.3, 0.4) is 0 Å². The lowest BCUT2D eigenvalue weighted by molar-refractivity contribution is -0.155. The number of nitrogens with one attached hydrogen (secondary N) is 1. The Labute approximate surface area is 122 Å². The summed E-state index contributed by atoms with van der Waals surface area (Å²) < 4.78 is 0. The van der Waals surface area contributed by atoms with Gasteiger partial charge in [0.1, 0.15) is 5.82 Å². The van der Waals surface area contributed by atoms with E-state index in [1.54, 1.807) is 0 Å². The van der Waals surface area contributed by atoms with Crippen LogP contribution in [0, 0.1) is 0 Å². The third-order valence-electron chi connectivity index (χ3n) is 3.06. The highest BCUT2D eigenvalue weighted by atomic mass is 16.4. The molecule has 7 nitrogen and oxygen atoms in total. The number of aromatic nitrogens is 2. The number of hydrogen-bond donors (Lipinski definition) is 3. The molecular formula is C14H18N4O3. The molecule has 1 aromatic heterocycles. The molecule has 1 atom stereocenters. The van der Waals surface area contributed by atoms with Gasteiger partial charge in [-0.25, -0.2) is 9.78 Å². The standard InChI is InChI=1S/C14H18N4O3/c1-14(21,12(19)20)8-15-13-16-10-7-5-4-6-9(10)11(17-13)18(2)3/h4-7,21H,8H2,1-3H3,(H,19,20)(H,15,16,17). The molecule has 21 heavy (non-hydrogen) atoms. The number of para-hydroxylation sites is 1. The summed E-state index contributed by atoms with van der Waals surface area (Å²) in [6.45, 7) is 1.03. The Balaban J connectivity index is 2.35. The zero-order valence-electron chi connectivity index (χ0n) is 12.2. The molecule has 2 aromatic rings. The number of carbonyl (C=O) groups is 1. The number of hydrogen-bond acceptors (Lipinski definition) is 6. The Morgan fingerprint density at radius 2 is 2.00 bits per heavy atom. The maximum atomic E-state index is 10.9. The van der Waals surface area contributed by atoms with Crippen LogP contribution in [-0.4, -0.2) is 52.4 Å². The summed E-state index contributed by atoms with van der Waals surface area (Å²) in [5.41, 5.74) is -1.14. The van der Waals surface area contributed by atoms with Gasteiger partial charge >= 0.3 is 5.97 Å². The van der Waals surface area contributed by atoms with Gasteiger partial charge in [0, 0.05) is 19.5 Å². The van der Waals surface area contributed by atoms with Gasteiger partial charge < -0.3 is 20.4 Å². The molecule has 0 bridgehead atoms. The number of nitrogens with zero attached hydrogens (tertiary/aromatic N) is 3. The Hall–Kier alpha value is -2.41. The molecule has 7 heteroatoms. The molecule has 112 valence electrons. The molecule has 1 heterocycles. The molecule has 0 aliphatic carbocycles. The van der Waals surface area contributed by atoms with Gasteiger partial charge in [0.25, 0.3) is 0 Å². The zero-order chi connectivity index (χ0) is 15.6. The third-order valence-corrected chi connectivity index (χ3v) is 3.06. The van der Waals surface area contributed by atoms with E-state index in [0.717, 1.165) is 16.7 Å². The Bertz CT molecular complexity index is 670. The summed E-state index contributed by atoms with van der Waals surface area (Å²) in [6.07, 6.45) is 0. The number of fused-ring (bicyclic) bond motifs is 1. The molecule has 0 aliphatic heterocycles. The first-order valence-corrected chi connectivity index (χ1v) is 6.45. The van der Waals surface area contributed by atoms with E-state index in [1.807, 2.05) is 43.3 Å². The predicted octanol–water partition coefficient (Wildman–Crippen LogP) is 0.943. The molecule has 0 saturated carbocycles. The maximum absolute atomic E-state index is 10.9. The van der Waals surface area contributed by atoms with E-state index in [9.17, 15) is 9.90 Å². The second-order valence-electron chi connectivity index (χ2n) is 5.21. The van der Waals surface area contributed by atoms with Crippen LogP contribution in [0.5, 0.6) is 0 Å². The first kappa shape index (κ1) is 15.0. The molecule has 0 spiro atoms. The van der Waals surface area contributed by atoms with Gasteiger partial charge in [-0.3, -0.25) is 0 Å². The van der Waals surface area contributed by atoms with Crippen LogP contribution in [0.1, 0.15) is 6.92 Å². The monoisotopic (exact) mass is 290 g/mol. The summed E-state index contributed by atoms with van der Waals surface area (Å²) in [5, 5.41) is 22.3. The molecule has 3 N–H and O–H groups in total. The fraction of sp³-hybridized carbons (Fsp3) is 0.357. The van der Waals surface area contributed by atoms with Crippen molar-refractivity contribution in [3.8, 4) is 0 Å². The molecule has 0 radical (unpaired) electrons. The SMILES string of the molecule is CN(C)c1nc(NCC(C)(O)C(=O)O)nc2ccccc12. The van der Waals surface area contributed by atoms with Gasteiger partial charge in [-0.2, -0.15) is 4.98 Å². The number of aliphatic carboxylic acids is 1. The number of carboxylic acids is 1. The normalized spacial score (nSPS) is 13.7. The van der Waals surface area contributed by atoms with Gasteiger partial charge in [-0.05, 0) is 19.1 Å². The molecule has 0 saturated heterocycles. The minimum absolute atomic E-state index is 0.187.